The molecule has 0 spiro atoms. The van der Waals surface area contributed by atoms with Crippen LogP contribution < -0.4 is 0 Å². The lowest BCUT2D eigenvalue weighted by molar-refractivity contribution is -0.141. The molecule has 1 aromatic rings. The van der Waals surface area contributed by atoms with Gasteiger partial charge in [-0.1, -0.05) is 0 Å². The molecule has 0 amide bonds. The minimum absolute atomic E-state index is 0.131. The zero-order valence-corrected chi connectivity index (χ0v) is 11.0. The number of halogens is 7. The van der Waals surface area contributed by atoms with E-state index in [1.54, 1.807) is 0 Å². The summed E-state index contributed by atoms with van der Waals surface area (Å²) in [6, 6.07) is 0. The summed E-state index contributed by atoms with van der Waals surface area (Å²) in [5.74, 6) is -7.17. The number of hydrogen-bond donors (Lipinski definition) is 0. The standard InChI is InChI=1S/C12H13F7N2/c1-10(13,14)9-8(12(17,18)19)6-21(20-9)5-7-2-3-11(15,16)4-7/h6-7H,2-5H2,1H3. The van der Waals surface area contributed by atoms with Gasteiger partial charge in [-0.3, -0.25) is 4.68 Å². The van der Waals surface area contributed by atoms with E-state index in [2.05, 4.69) is 5.10 Å². The van der Waals surface area contributed by atoms with E-state index in [4.69, 9.17) is 0 Å². The zero-order valence-electron chi connectivity index (χ0n) is 11.0. The van der Waals surface area contributed by atoms with Gasteiger partial charge in [0.2, 0.25) is 5.92 Å². The van der Waals surface area contributed by atoms with Gasteiger partial charge in [-0.2, -0.15) is 27.1 Å². The highest BCUT2D eigenvalue weighted by molar-refractivity contribution is 5.24. The molecule has 21 heavy (non-hydrogen) atoms. The second-order valence-electron chi connectivity index (χ2n) is 5.46. The van der Waals surface area contributed by atoms with Crippen molar-refractivity contribution in [1.82, 2.24) is 9.78 Å². The normalized spacial score (nSPS) is 22.8. The Bertz CT molecular complexity index is 481. The molecule has 9 heteroatoms. The average molecular weight is 318 g/mol. The third-order valence-electron chi connectivity index (χ3n) is 3.43. The van der Waals surface area contributed by atoms with Gasteiger partial charge in [-0.05, 0) is 12.3 Å². The van der Waals surface area contributed by atoms with Crippen LogP contribution in [0.25, 0.3) is 0 Å². The fourth-order valence-electron chi connectivity index (χ4n) is 2.51. The topological polar surface area (TPSA) is 17.8 Å². The fourth-order valence-corrected chi connectivity index (χ4v) is 2.51. The monoisotopic (exact) mass is 318 g/mol. The molecule has 0 aromatic carbocycles. The van der Waals surface area contributed by atoms with Crippen molar-refractivity contribution in [3.63, 3.8) is 0 Å². The quantitative estimate of drug-likeness (QED) is 0.753. The largest absolute Gasteiger partial charge is 0.419 e. The van der Waals surface area contributed by atoms with Gasteiger partial charge < -0.3 is 0 Å². The first-order chi connectivity index (χ1) is 9.38. The van der Waals surface area contributed by atoms with Crippen LogP contribution in [0.15, 0.2) is 6.20 Å². The van der Waals surface area contributed by atoms with Gasteiger partial charge in [0, 0.05) is 32.5 Å². The minimum Gasteiger partial charge on any atom is -0.271 e. The van der Waals surface area contributed by atoms with Crippen LogP contribution in [0.1, 0.15) is 37.4 Å². The van der Waals surface area contributed by atoms with E-state index in [1.807, 2.05) is 0 Å². The van der Waals surface area contributed by atoms with Crippen LogP contribution in [-0.2, 0) is 18.6 Å². The van der Waals surface area contributed by atoms with Crippen molar-refractivity contribution in [3.05, 3.63) is 17.5 Å². The average Bonchev–Trinajstić information content (AvgIpc) is 2.81. The zero-order chi connectivity index (χ0) is 16.1. The molecule has 1 saturated carbocycles. The highest BCUT2D eigenvalue weighted by Gasteiger charge is 2.44. The molecule has 0 bridgehead atoms. The van der Waals surface area contributed by atoms with E-state index >= 15 is 0 Å². The van der Waals surface area contributed by atoms with Crippen molar-refractivity contribution < 1.29 is 30.7 Å². The van der Waals surface area contributed by atoms with Crippen molar-refractivity contribution in [1.29, 1.82) is 0 Å². The maximum Gasteiger partial charge on any atom is 0.419 e. The molecule has 2 nitrogen and oxygen atoms in total. The molecule has 0 aliphatic heterocycles. The van der Waals surface area contributed by atoms with E-state index in [0.29, 0.717) is 17.8 Å². The summed E-state index contributed by atoms with van der Waals surface area (Å²) in [7, 11) is 0. The van der Waals surface area contributed by atoms with Crippen LogP contribution in [-0.4, -0.2) is 15.7 Å². The Balaban J connectivity index is 2.24. The van der Waals surface area contributed by atoms with Crippen molar-refractivity contribution in [2.75, 3.05) is 0 Å². The SMILES string of the molecule is CC(F)(F)c1nn(CC2CCC(F)(F)C2)cc1C(F)(F)F. The molecule has 2 rings (SSSR count). The number of aromatic nitrogens is 2. The Morgan fingerprint density at radius 1 is 1.29 bits per heavy atom. The van der Waals surface area contributed by atoms with E-state index in [0.717, 1.165) is 0 Å². The van der Waals surface area contributed by atoms with Gasteiger partial charge >= 0.3 is 6.18 Å². The summed E-state index contributed by atoms with van der Waals surface area (Å²) < 4.78 is 91.3. The number of nitrogens with zero attached hydrogens (tertiary/aromatic N) is 2. The second kappa shape index (κ2) is 4.88. The molecule has 1 heterocycles. The molecule has 1 aliphatic rings. The lowest BCUT2D eigenvalue weighted by Crippen LogP contribution is -2.16. The van der Waals surface area contributed by atoms with E-state index in [1.165, 1.54) is 0 Å². The lowest BCUT2D eigenvalue weighted by atomic mass is 10.1. The fraction of sp³-hybridized carbons (Fsp3) is 0.750. The van der Waals surface area contributed by atoms with Crippen LogP contribution in [0.3, 0.4) is 0 Å². The number of rotatable bonds is 3. The van der Waals surface area contributed by atoms with Crippen molar-refractivity contribution in [3.8, 4) is 0 Å². The molecular formula is C12H13F7N2. The first kappa shape index (κ1) is 16.1. The van der Waals surface area contributed by atoms with Crippen LogP contribution in [0, 0.1) is 5.92 Å². The van der Waals surface area contributed by atoms with Crippen LogP contribution in [0.4, 0.5) is 30.7 Å². The highest BCUT2D eigenvalue weighted by Crippen LogP contribution is 2.41. The molecule has 1 aliphatic carbocycles. The van der Waals surface area contributed by atoms with E-state index in [-0.39, 0.29) is 19.4 Å². The molecule has 0 saturated heterocycles. The second-order valence-corrected chi connectivity index (χ2v) is 5.46. The summed E-state index contributed by atoms with van der Waals surface area (Å²) >= 11 is 0. The van der Waals surface area contributed by atoms with Gasteiger partial charge in [0.15, 0.2) is 0 Å². The predicted molar refractivity (Wildman–Crippen MR) is 59.1 cm³/mol. The molecule has 0 radical (unpaired) electrons. The third kappa shape index (κ3) is 3.68. The molecule has 1 fully saturated rings. The van der Waals surface area contributed by atoms with Gasteiger partial charge in [0.25, 0.3) is 5.92 Å². The first-order valence-corrected chi connectivity index (χ1v) is 6.29. The van der Waals surface area contributed by atoms with E-state index < -0.39 is 41.6 Å². The van der Waals surface area contributed by atoms with Crippen molar-refractivity contribution in [2.24, 2.45) is 5.92 Å². The lowest BCUT2D eigenvalue weighted by Gasteiger charge is -2.11. The maximum atomic E-state index is 13.2. The van der Waals surface area contributed by atoms with Crippen molar-refractivity contribution >= 4 is 0 Å². The molecule has 1 atom stereocenters. The summed E-state index contributed by atoms with van der Waals surface area (Å²) in [6.07, 6.45) is -5.18. The van der Waals surface area contributed by atoms with Gasteiger partial charge in [0.1, 0.15) is 11.3 Å². The molecule has 1 aromatic heterocycles. The van der Waals surface area contributed by atoms with Crippen LogP contribution >= 0.6 is 0 Å². The Morgan fingerprint density at radius 2 is 1.90 bits per heavy atom. The van der Waals surface area contributed by atoms with Gasteiger partial charge in [-0.25, -0.2) is 8.78 Å². The van der Waals surface area contributed by atoms with Crippen LogP contribution in [0.2, 0.25) is 0 Å². The smallest absolute Gasteiger partial charge is 0.271 e. The summed E-state index contributed by atoms with van der Waals surface area (Å²) in [4.78, 5) is 0. The molecular weight excluding hydrogens is 305 g/mol. The molecule has 120 valence electrons. The molecule has 0 N–H and O–H groups in total. The highest BCUT2D eigenvalue weighted by atomic mass is 19.4. The maximum absolute atomic E-state index is 13.2. The first-order valence-electron chi connectivity index (χ1n) is 6.29. The van der Waals surface area contributed by atoms with Gasteiger partial charge in [0.05, 0.1) is 0 Å². The Labute approximate surface area is 115 Å². The van der Waals surface area contributed by atoms with Gasteiger partial charge in [-0.15, -0.1) is 0 Å². The number of hydrogen-bond acceptors (Lipinski definition) is 1. The van der Waals surface area contributed by atoms with E-state index in [9.17, 15) is 30.7 Å². The minimum atomic E-state index is -4.97. The third-order valence-corrected chi connectivity index (χ3v) is 3.43. The summed E-state index contributed by atoms with van der Waals surface area (Å²) in [5, 5.41) is 3.26. The Hall–Kier alpha value is -1.28. The molecule has 1 unspecified atom stereocenters. The summed E-state index contributed by atoms with van der Waals surface area (Å²) in [6.45, 7) is 0.0907. The predicted octanol–water partition coefficient (Wildman–Crippen LogP) is 4.45. The Morgan fingerprint density at radius 3 is 2.29 bits per heavy atom. The summed E-state index contributed by atoms with van der Waals surface area (Å²) in [5.41, 5.74) is -2.90. The van der Waals surface area contributed by atoms with Crippen LogP contribution in [0.5, 0.6) is 0 Å². The number of alkyl halides is 7. The van der Waals surface area contributed by atoms with Crippen molar-refractivity contribution in [2.45, 2.75) is 50.8 Å². The Kier molecular flexibility index (Phi) is 3.74.